The zero-order chi connectivity index (χ0) is 13.1. The van der Waals surface area contributed by atoms with Crippen LogP contribution < -0.4 is 10.5 Å². The minimum Gasteiger partial charge on any atom is -0.453 e. The summed E-state index contributed by atoms with van der Waals surface area (Å²) in [5.74, 6) is 0.101. The molecule has 0 unspecified atom stereocenters. The van der Waals surface area contributed by atoms with Gasteiger partial charge in [-0.2, -0.15) is 0 Å². The van der Waals surface area contributed by atoms with Crippen LogP contribution in [0.3, 0.4) is 0 Å². The van der Waals surface area contributed by atoms with Crippen LogP contribution in [0.1, 0.15) is 18.5 Å². The monoisotopic (exact) mass is 265 g/mol. The number of rotatable bonds is 3. The van der Waals surface area contributed by atoms with Gasteiger partial charge in [0.15, 0.2) is 11.6 Å². The van der Waals surface area contributed by atoms with E-state index >= 15 is 0 Å². The van der Waals surface area contributed by atoms with Gasteiger partial charge in [-0.3, -0.25) is 0 Å². The van der Waals surface area contributed by atoms with Gasteiger partial charge in [0.05, 0.1) is 5.02 Å². The molecular weight excluding hydrogens is 253 g/mol. The van der Waals surface area contributed by atoms with Crippen LogP contribution in [-0.2, 0) is 0 Å². The van der Waals surface area contributed by atoms with Crippen molar-refractivity contribution in [3.63, 3.8) is 0 Å². The maximum Gasteiger partial charge on any atom is 0.166 e. The fourth-order valence-corrected chi connectivity index (χ4v) is 1.70. The molecule has 0 fully saturated rings. The van der Waals surface area contributed by atoms with Crippen molar-refractivity contribution in [3.05, 3.63) is 58.9 Å². The maximum atomic E-state index is 13.8. The van der Waals surface area contributed by atoms with Crippen LogP contribution >= 0.6 is 11.6 Å². The first kappa shape index (κ1) is 12.9. The van der Waals surface area contributed by atoms with Crippen LogP contribution in [0.4, 0.5) is 4.39 Å². The molecule has 0 aliphatic heterocycles. The van der Waals surface area contributed by atoms with Gasteiger partial charge in [0.1, 0.15) is 5.75 Å². The van der Waals surface area contributed by atoms with E-state index in [0.717, 1.165) is 5.56 Å². The van der Waals surface area contributed by atoms with Crippen LogP contribution in [0.25, 0.3) is 0 Å². The lowest BCUT2D eigenvalue weighted by molar-refractivity contribution is 0.441. The smallest absolute Gasteiger partial charge is 0.166 e. The van der Waals surface area contributed by atoms with Crippen molar-refractivity contribution < 1.29 is 9.13 Å². The first-order valence-electron chi connectivity index (χ1n) is 5.55. The average Bonchev–Trinajstić information content (AvgIpc) is 2.34. The molecule has 0 aliphatic rings. The normalized spacial score (nSPS) is 12.2. The van der Waals surface area contributed by atoms with Gasteiger partial charge in [-0.15, -0.1) is 0 Å². The number of hydrogen-bond donors (Lipinski definition) is 1. The topological polar surface area (TPSA) is 35.2 Å². The van der Waals surface area contributed by atoms with Gasteiger partial charge in [-0.1, -0.05) is 29.8 Å². The van der Waals surface area contributed by atoms with Crippen molar-refractivity contribution >= 4 is 11.6 Å². The molecule has 0 aliphatic carbocycles. The second kappa shape index (κ2) is 5.38. The highest BCUT2D eigenvalue weighted by molar-refractivity contribution is 6.32. The fourth-order valence-electron chi connectivity index (χ4n) is 1.53. The first-order chi connectivity index (χ1) is 8.58. The molecule has 0 amide bonds. The second-order valence-electron chi connectivity index (χ2n) is 4.01. The molecular formula is C14H13ClFNO. The molecule has 94 valence electrons. The lowest BCUT2D eigenvalue weighted by Gasteiger charge is -2.10. The minimum atomic E-state index is -0.454. The molecule has 0 radical (unpaired) electrons. The summed E-state index contributed by atoms with van der Waals surface area (Å²) in [6, 6.07) is 11.4. The molecule has 4 heteroatoms. The number of para-hydroxylation sites is 1. The van der Waals surface area contributed by atoms with Gasteiger partial charge < -0.3 is 10.5 Å². The zero-order valence-corrected chi connectivity index (χ0v) is 10.6. The molecule has 0 aromatic heterocycles. The molecule has 0 bridgehead atoms. The first-order valence-corrected chi connectivity index (χ1v) is 5.93. The van der Waals surface area contributed by atoms with E-state index in [-0.39, 0.29) is 11.8 Å². The van der Waals surface area contributed by atoms with Gasteiger partial charge in [0, 0.05) is 6.04 Å². The molecule has 1 atom stereocenters. The van der Waals surface area contributed by atoms with Crippen molar-refractivity contribution in [2.24, 2.45) is 5.73 Å². The molecule has 0 heterocycles. The molecule has 2 rings (SSSR count). The highest BCUT2D eigenvalue weighted by Gasteiger charge is 2.09. The summed E-state index contributed by atoms with van der Waals surface area (Å²) in [5, 5.41) is 0.438. The highest BCUT2D eigenvalue weighted by atomic mass is 35.5. The van der Waals surface area contributed by atoms with Gasteiger partial charge in [-0.05, 0) is 36.8 Å². The summed E-state index contributed by atoms with van der Waals surface area (Å²) in [5.41, 5.74) is 6.40. The van der Waals surface area contributed by atoms with Crippen LogP contribution in [0.15, 0.2) is 42.5 Å². The summed E-state index contributed by atoms with van der Waals surface area (Å²) in [7, 11) is 0. The van der Waals surface area contributed by atoms with E-state index in [0.29, 0.717) is 10.8 Å². The van der Waals surface area contributed by atoms with E-state index in [1.165, 1.54) is 6.07 Å². The van der Waals surface area contributed by atoms with Crippen LogP contribution in [0.2, 0.25) is 5.02 Å². The molecule has 2 aromatic carbocycles. The number of ether oxygens (including phenoxy) is 1. The summed E-state index contributed by atoms with van der Waals surface area (Å²) >= 11 is 5.94. The SMILES string of the molecule is C[C@H](N)c1ccc(Oc2ccccc2Cl)c(F)c1. The Bertz CT molecular complexity index is 557. The van der Waals surface area contributed by atoms with E-state index in [1.807, 2.05) is 0 Å². The van der Waals surface area contributed by atoms with E-state index in [4.69, 9.17) is 22.1 Å². The van der Waals surface area contributed by atoms with Gasteiger partial charge in [0.2, 0.25) is 0 Å². The summed E-state index contributed by atoms with van der Waals surface area (Å²) < 4.78 is 19.2. The third kappa shape index (κ3) is 2.81. The van der Waals surface area contributed by atoms with Crippen molar-refractivity contribution in [2.75, 3.05) is 0 Å². The third-order valence-electron chi connectivity index (χ3n) is 2.54. The fraction of sp³-hybridized carbons (Fsp3) is 0.143. The Balaban J connectivity index is 2.28. The Labute approximate surface area is 110 Å². The number of nitrogens with two attached hydrogens (primary N) is 1. The highest BCUT2D eigenvalue weighted by Crippen LogP contribution is 2.31. The molecule has 0 spiro atoms. The predicted octanol–water partition coefficient (Wildman–Crippen LogP) is 4.29. The van der Waals surface area contributed by atoms with Crippen molar-refractivity contribution in [3.8, 4) is 11.5 Å². The van der Waals surface area contributed by atoms with E-state index in [1.54, 1.807) is 43.3 Å². The lowest BCUT2D eigenvalue weighted by atomic mass is 10.1. The predicted molar refractivity (Wildman–Crippen MR) is 70.5 cm³/mol. The lowest BCUT2D eigenvalue weighted by Crippen LogP contribution is -2.05. The number of halogens is 2. The van der Waals surface area contributed by atoms with Crippen molar-refractivity contribution in [1.82, 2.24) is 0 Å². The Hall–Kier alpha value is -1.58. The third-order valence-corrected chi connectivity index (χ3v) is 2.85. The quantitative estimate of drug-likeness (QED) is 0.898. The van der Waals surface area contributed by atoms with Crippen LogP contribution in [0, 0.1) is 5.82 Å². The van der Waals surface area contributed by atoms with E-state index in [9.17, 15) is 4.39 Å². The summed E-state index contributed by atoms with van der Waals surface area (Å²) in [6.07, 6.45) is 0. The molecule has 2 aromatic rings. The van der Waals surface area contributed by atoms with Gasteiger partial charge >= 0.3 is 0 Å². The average molecular weight is 266 g/mol. The Morgan fingerprint density at radius 1 is 1.17 bits per heavy atom. The maximum absolute atomic E-state index is 13.8. The standard InChI is InChI=1S/C14H13ClFNO/c1-9(17)10-6-7-14(12(16)8-10)18-13-5-3-2-4-11(13)15/h2-9H,17H2,1H3/t9-/m0/s1. The summed E-state index contributed by atoms with van der Waals surface area (Å²) in [6.45, 7) is 1.80. The van der Waals surface area contributed by atoms with E-state index in [2.05, 4.69) is 0 Å². The Morgan fingerprint density at radius 3 is 2.50 bits per heavy atom. The Morgan fingerprint density at radius 2 is 1.89 bits per heavy atom. The molecule has 2 nitrogen and oxygen atoms in total. The van der Waals surface area contributed by atoms with Crippen molar-refractivity contribution in [1.29, 1.82) is 0 Å². The Kier molecular flexibility index (Phi) is 3.84. The number of hydrogen-bond acceptors (Lipinski definition) is 2. The van der Waals surface area contributed by atoms with Gasteiger partial charge in [-0.25, -0.2) is 4.39 Å². The largest absolute Gasteiger partial charge is 0.453 e. The van der Waals surface area contributed by atoms with Crippen LogP contribution in [0.5, 0.6) is 11.5 Å². The number of benzene rings is 2. The minimum absolute atomic E-state index is 0.132. The van der Waals surface area contributed by atoms with Crippen LogP contribution in [-0.4, -0.2) is 0 Å². The zero-order valence-electron chi connectivity index (χ0n) is 9.86. The van der Waals surface area contributed by atoms with Gasteiger partial charge in [0.25, 0.3) is 0 Å². The second-order valence-corrected chi connectivity index (χ2v) is 4.42. The summed E-state index contributed by atoms with van der Waals surface area (Å²) in [4.78, 5) is 0. The molecule has 0 saturated heterocycles. The molecule has 2 N–H and O–H groups in total. The molecule has 18 heavy (non-hydrogen) atoms. The van der Waals surface area contributed by atoms with E-state index < -0.39 is 5.82 Å². The molecule has 0 saturated carbocycles. The van der Waals surface area contributed by atoms with Crippen molar-refractivity contribution in [2.45, 2.75) is 13.0 Å².